The average Bonchev–Trinajstić information content (AvgIpc) is 3.49. The third-order valence-electron chi connectivity index (χ3n) is 7.74. The van der Waals surface area contributed by atoms with Crippen LogP contribution in [-0.2, 0) is 5.41 Å². The second-order valence-electron chi connectivity index (χ2n) is 15.3. The van der Waals surface area contributed by atoms with Crippen LogP contribution in [0.4, 0.5) is 0 Å². The van der Waals surface area contributed by atoms with Gasteiger partial charge in [0.2, 0.25) is 5.78 Å². The summed E-state index contributed by atoms with van der Waals surface area (Å²) in [5.74, 6) is 8.25. The Morgan fingerprint density at radius 1 is 0.843 bits per heavy atom. The molecule has 7 nitrogen and oxygen atoms in total. The number of aromatic nitrogens is 2. The zero-order chi connectivity index (χ0) is 39.5. The molecule has 0 unspecified atom stereocenters. The number of carbonyl (C=O) groups excluding carboxylic acids is 1. The molecule has 0 radical (unpaired) electrons. The first-order valence-electron chi connectivity index (χ1n) is 18.4. The van der Waals surface area contributed by atoms with Crippen LogP contribution in [-0.4, -0.2) is 21.5 Å². The van der Waals surface area contributed by atoms with E-state index in [2.05, 4.69) is 85.9 Å². The van der Waals surface area contributed by atoms with Crippen molar-refractivity contribution in [3.8, 4) is 11.3 Å². The lowest BCUT2D eigenvalue weighted by molar-refractivity contribution is 0.0913. The molecule has 0 saturated carbocycles. The van der Waals surface area contributed by atoms with Crippen molar-refractivity contribution in [2.24, 2.45) is 23.0 Å². The molecule has 0 fully saturated rings. The highest BCUT2D eigenvalue weighted by atomic mass is 35.5. The summed E-state index contributed by atoms with van der Waals surface area (Å²) >= 11 is 5.99. The molecule has 4 rings (SSSR count). The summed E-state index contributed by atoms with van der Waals surface area (Å²) in [5.41, 5.74) is 8.35. The zero-order valence-corrected chi connectivity index (χ0v) is 34.9. The Labute approximate surface area is 314 Å². The molecule has 3 heterocycles. The third-order valence-corrected chi connectivity index (χ3v) is 8.00. The van der Waals surface area contributed by atoms with Crippen molar-refractivity contribution in [2.45, 2.75) is 141 Å². The summed E-state index contributed by atoms with van der Waals surface area (Å²) in [6.07, 6.45) is 7.15. The van der Waals surface area contributed by atoms with Gasteiger partial charge in [0.15, 0.2) is 11.3 Å². The molecule has 4 aromatic rings. The predicted molar refractivity (Wildman–Crippen MR) is 221 cm³/mol. The molecule has 284 valence electrons. The SMILES string of the molecule is CC(C)C(=O)c1cc2nc(-c3ccc(Cl)cc3)cc(C(C)(C)C)c2o1.CCCC.CCCC(=N)c1ccc(C)nc1C.CCCC(C)(C)C.NN. The maximum atomic E-state index is 12.3. The van der Waals surface area contributed by atoms with Gasteiger partial charge in [-0.05, 0) is 67.9 Å². The highest BCUT2D eigenvalue weighted by Gasteiger charge is 2.24. The lowest BCUT2D eigenvalue weighted by Gasteiger charge is -2.20. The van der Waals surface area contributed by atoms with Crippen LogP contribution in [0.1, 0.15) is 155 Å². The number of benzene rings is 1. The monoisotopic (exact) mass is 722 g/mol. The van der Waals surface area contributed by atoms with Crippen LogP contribution in [0.25, 0.3) is 22.4 Å². The van der Waals surface area contributed by atoms with Crippen LogP contribution in [0.15, 0.2) is 52.9 Å². The second-order valence-corrected chi connectivity index (χ2v) is 15.7. The fraction of sp³-hybridized carbons (Fsp3) is 0.535. The summed E-state index contributed by atoms with van der Waals surface area (Å²) < 4.78 is 5.93. The number of nitrogens with two attached hydrogens (primary N) is 2. The van der Waals surface area contributed by atoms with Gasteiger partial charge in [-0.2, -0.15) is 0 Å². The van der Waals surface area contributed by atoms with Crippen molar-refractivity contribution >= 4 is 34.2 Å². The van der Waals surface area contributed by atoms with Gasteiger partial charge >= 0.3 is 0 Å². The van der Waals surface area contributed by atoms with E-state index in [1.165, 1.54) is 25.7 Å². The van der Waals surface area contributed by atoms with Crippen LogP contribution in [0.3, 0.4) is 0 Å². The smallest absolute Gasteiger partial charge is 0.200 e. The van der Waals surface area contributed by atoms with Gasteiger partial charge in [-0.3, -0.25) is 21.5 Å². The van der Waals surface area contributed by atoms with E-state index in [4.69, 9.17) is 26.4 Å². The number of aryl methyl sites for hydroxylation is 2. The van der Waals surface area contributed by atoms with Gasteiger partial charge in [-0.1, -0.05) is 133 Å². The number of nitrogens with one attached hydrogen (secondary N) is 1. The molecule has 0 aliphatic carbocycles. The van der Waals surface area contributed by atoms with Gasteiger partial charge in [0.1, 0.15) is 5.52 Å². The molecular weight excluding hydrogens is 654 g/mol. The minimum absolute atomic E-state index is 0.00842. The first kappa shape index (κ1) is 47.6. The molecule has 0 bridgehead atoms. The Balaban J connectivity index is 0.000000801. The number of rotatable bonds is 8. The third kappa shape index (κ3) is 17.1. The summed E-state index contributed by atoms with van der Waals surface area (Å²) in [6.45, 7) is 29.5. The molecule has 8 heteroatoms. The van der Waals surface area contributed by atoms with Crippen molar-refractivity contribution in [3.05, 3.63) is 81.8 Å². The number of halogens is 1. The number of hydrazine groups is 1. The number of hydrogen-bond acceptors (Lipinski definition) is 7. The molecule has 5 N–H and O–H groups in total. The largest absolute Gasteiger partial charge is 0.451 e. The van der Waals surface area contributed by atoms with Gasteiger partial charge in [0.05, 0.1) is 5.69 Å². The first-order chi connectivity index (χ1) is 23.8. The summed E-state index contributed by atoms with van der Waals surface area (Å²) in [4.78, 5) is 21.4. The highest BCUT2D eigenvalue weighted by molar-refractivity contribution is 6.30. The number of ketones is 1. The van der Waals surface area contributed by atoms with Crippen LogP contribution in [0.2, 0.25) is 5.02 Å². The Morgan fingerprint density at radius 2 is 1.41 bits per heavy atom. The molecule has 0 aliphatic heterocycles. The molecule has 0 aliphatic rings. The van der Waals surface area contributed by atoms with E-state index in [1.807, 2.05) is 70.2 Å². The van der Waals surface area contributed by atoms with Crippen molar-refractivity contribution in [1.82, 2.24) is 9.97 Å². The summed E-state index contributed by atoms with van der Waals surface area (Å²) in [7, 11) is 0. The first-order valence-corrected chi connectivity index (χ1v) is 18.8. The molecule has 51 heavy (non-hydrogen) atoms. The molecule has 1 aromatic carbocycles. The van der Waals surface area contributed by atoms with E-state index < -0.39 is 0 Å². The Morgan fingerprint density at radius 3 is 1.82 bits per heavy atom. The van der Waals surface area contributed by atoms with E-state index in [0.717, 1.165) is 46.6 Å². The standard InChI is InChI=1S/C21H22ClNO2.C11H16N2.C7H16.C4H10.H4N2/c1-12(2)19(24)18-11-17-20(25-18)15(21(3,4)5)10-16(23-17)13-6-8-14(22)9-7-13;1-4-5-11(12)10-7-6-8(2)13-9(10)3;1-5-6-7(2,3)4;1-3-4-2;1-2/h6-12H,1-5H3;6-7,12H,4-5H2,1-3H3;5-6H2,1-4H3;3-4H2,1-2H3;1-2H2. The molecule has 0 amide bonds. The minimum atomic E-state index is -0.141. The highest BCUT2D eigenvalue weighted by Crippen LogP contribution is 2.35. The number of fused-ring (bicyclic) bond motifs is 1. The van der Waals surface area contributed by atoms with Gasteiger partial charge < -0.3 is 9.83 Å². The quantitative estimate of drug-likeness (QED) is 0.0718. The number of Topliss-reactive ketones (excluding diaryl/α,β-unsaturated/α-hetero) is 1. The van der Waals surface area contributed by atoms with Crippen LogP contribution in [0, 0.1) is 30.6 Å². The van der Waals surface area contributed by atoms with Gasteiger partial charge in [-0.15, -0.1) is 0 Å². The summed E-state index contributed by atoms with van der Waals surface area (Å²) in [6, 6.07) is 15.4. The van der Waals surface area contributed by atoms with E-state index in [0.29, 0.717) is 33.0 Å². The number of pyridine rings is 2. The number of hydrogen-bond donors (Lipinski definition) is 3. The van der Waals surface area contributed by atoms with Crippen LogP contribution >= 0.6 is 11.6 Å². The zero-order valence-electron chi connectivity index (χ0n) is 34.2. The van der Waals surface area contributed by atoms with Crippen LogP contribution in [0.5, 0.6) is 0 Å². The average molecular weight is 723 g/mol. The van der Waals surface area contributed by atoms with Gasteiger partial charge in [0.25, 0.3) is 0 Å². The molecular formula is C43H68ClN5O2. The molecule has 3 aromatic heterocycles. The molecule has 0 atom stereocenters. The van der Waals surface area contributed by atoms with E-state index >= 15 is 0 Å². The lowest BCUT2D eigenvalue weighted by Crippen LogP contribution is -2.12. The van der Waals surface area contributed by atoms with E-state index in [9.17, 15) is 4.79 Å². The number of furan rings is 1. The maximum Gasteiger partial charge on any atom is 0.200 e. The van der Waals surface area contributed by atoms with E-state index in [-0.39, 0.29) is 17.1 Å². The van der Waals surface area contributed by atoms with Gasteiger partial charge in [0, 0.05) is 50.8 Å². The van der Waals surface area contributed by atoms with Crippen molar-refractivity contribution < 1.29 is 9.21 Å². The fourth-order valence-corrected chi connectivity index (χ4v) is 5.02. The van der Waals surface area contributed by atoms with Crippen molar-refractivity contribution in [3.63, 3.8) is 0 Å². The van der Waals surface area contributed by atoms with Crippen molar-refractivity contribution in [1.29, 1.82) is 5.41 Å². The Hall–Kier alpha value is -3.39. The van der Waals surface area contributed by atoms with Crippen LogP contribution < -0.4 is 11.7 Å². The minimum Gasteiger partial charge on any atom is -0.451 e. The Bertz CT molecular complexity index is 1610. The summed E-state index contributed by atoms with van der Waals surface area (Å²) in [5, 5.41) is 8.49. The fourth-order valence-electron chi connectivity index (χ4n) is 4.89. The maximum absolute atomic E-state index is 12.3. The van der Waals surface area contributed by atoms with Crippen molar-refractivity contribution in [2.75, 3.05) is 0 Å². The Kier molecular flexibility index (Phi) is 21.7. The number of nitrogens with zero attached hydrogens (tertiary/aromatic N) is 2. The lowest BCUT2D eigenvalue weighted by atomic mass is 9.86. The normalized spacial score (nSPS) is 10.9. The number of unbranched alkanes of at least 4 members (excludes halogenated alkanes) is 1. The second kappa shape index (κ2) is 23.2. The van der Waals surface area contributed by atoms with Gasteiger partial charge in [-0.25, -0.2) is 4.98 Å². The molecule has 0 saturated heterocycles. The predicted octanol–water partition coefficient (Wildman–Crippen LogP) is 12.6. The van der Waals surface area contributed by atoms with E-state index in [1.54, 1.807) is 6.07 Å². The molecule has 0 spiro atoms. The number of carbonyl (C=O) groups is 1. The topological polar surface area (TPSA) is 132 Å².